The van der Waals surface area contributed by atoms with Crippen molar-refractivity contribution in [2.45, 2.75) is 12.8 Å². The molecule has 0 radical (unpaired) electrons. The number of carbonyl (C=O) groups excluding carboxylic acids is 4. The fourth-order valence-corrected chi connectivity index (χ4v) is 4.66. The molecule has 2 aromatic carbocycles. The molecule has 11 heteroatoms. The molecule has 1 fully saturated rings. The molecular weight excluding hydrogens is 485 g/mol. The summed E-state index contributed by atoms with van der Waals surface area (Å²) in [5.41, 5.74) is -0.867. The molecule has 34 heavy (non-hydrogen) atoms. The van der Waals surface area contributed by atoms with Crippen LogP contribution in [0.1, 0.15) is 33.6 Å². The van der Waals surface area contributed by atoms with Gasteiger partial charge in [0, 0.05) is 16.7 Å². The van der Waals surface area contributed by atoms with Crippen molar-refractivity contribution in [2.75, 3.05) is 6.54 Å². The topological polar surface area (TPSA) is 118 Å². The molecule has 1 aliphatic carbocycles. The molecule has 9 nitrogen and oxygen atoms in total. The van der Waals surface area contributed by atoms with Crippen molar-refractivity contribution >= 4 is 52.4 Å². The van der Waals surface area contributed by atoms with Crippen LogP contribution in [-0.2, 0) is 9.59 Å². The Morgan fingerprint density at radius 1 is 1.00 bits per heavy atom. The van der Waals surface area contributed by atoms with Crippen LogP contribution in [-0.4, -0.2) is 45.0 Å². The summed E-state index contributed by atoms with van der Waals surface area (Å²) < 4.78 is 0. The van der Waals surface area contributed by atoms with Crippen molar-refractivity contribution in [2.24, 2.45) is 11.8 Å². The van der Waals surface area contributed by atoms with Crippen LogP contribution < -0.4 is 0 Å². The van der Waals surface area contributed by atoms with Gasteiger partial charge in [0.25, 0.3) is 23.4 Å². The van der Waals surface area contributed by atoms with Crippen molar-refractivity contribution in [1.29, 1.82) is 0 Å². The maximum atomic E-state index is 13.5. The Balaban J connectivity index is 1.76. The summed E-state index contributed by atoms with van der Waals surface area (Å²) in [4.78, 5) is 63.7. The number of hydrogen-bond acceptors (Lipinski definition) is 6. The van der Waals surface area contributed by atoms with Gasteiger partial charge in [-0.05, 0) is 37.1 Å². The van der Waals surface area contributed by atoms with Gasteiger partial charge in [-0.25, -0.2) is 5.01 Å². The van der Waals surface area contributed by atoms with Gasteiger partial charge < -0.3 is 0 Å². The van der Waals surface area contributed by atoms with Gasteiger partial charge in [-0.2, -0.15) is 5.01 Å². The Labute approximate surface area is 203 Å². The van der Waals surface area contributed by atoms with E-state index in [0.717, 1.165) is 6.07 Å². The summed E-state index contributed by atoms with van der Waals surface area (Å²) in [6.07, 6.45) is 4.19. The normalized spacial score (nSPS) is 19.2. The van der Waals surface area contributed by atoms with Gasteiger partial charge in [0.2, 0.25) is 0 Å². The number of halogens is 2. The van der Waals surface area contributed by atoms with Crippen LogP contribution in [0, 0.1) is 22.0 Å². The Morgan fingerprint density at radius 3 is 2.21 bits per heavy atom. The second-order valence-electron chi connectivity index (χ2n) is 7.83. The molecule has 1 aliphatic heterocycles. The molecule has 0 spiro atoms. The molecular formula is C23H17Cl2N3O6. The van der Waals surface area contributed by atoms with Crippen LogP contribution >= 0.6 is 23.2 Å². The summed E-state index contributed by atoms with van der Waals surface area (Å²) in [5.74, 6) is -4.33. The number of fused-ring (bicyclic) bond motifs is 1. The van der Waals surface area contributed by atoms with E-state index in [4.69, 9.17) is 23.2 Å². The number of Topliss-reactive ketones (excluding diaryl/α,β-unsaturated/α-hetero) is 1. The molecule has 0 saturated carbocycles. The maximum absolute atomic E-state index is 13.5. The quantitative estimate of drug-likeness (QED) is 0.193. The van der Waals surface area contributed by atoms with Crippen LogP contribution in [0.4, 0.5) is 5.69 Å². The van der Waals surface area contributed by atoms with Crippen molar-refractivity contribution < 1.29 is 24.1 Å². The number of rotatable bonds is 6. The van der Waals surface area contributed by atoms with Gasteiger partial charge in [0.1, 0.15) is 12.1 Å². The van der Waals surface area contributed by atoms with E-state index in [1.54, 1.807) is 12.2 Å². The highest BCUT2D eigenvalue weighted by molar-refractivity contribution is 6.37. The van der Waals surface area contributed by atoms with E-state index in [1.807, 2.05) is 0 Å². The minimum atomic E-state index is -1.03. The summed E-state index contributed by atoms with van der Waals surface area (Å²) >= 11 is 12.0. The number of amides is 3. The predicted molar refractivity (Wildman–Crippen MR) is 122 cm³/mol. The molecule has 4 rings (SSSR count). The number of para-hydroxylation sites is 1. The van der Waals surface area contributed by atoms with Gasteiger partial charge in [0.05, 0.1) is 21.8 Å². The van der Waals surface area contributed by atoms with Crippen LogP contribution in [0.3, 0.4) is 0 Å². The Hall–Kier alpha value is -3.56. The molecule has 0 aromatic heterocycles. The van der Waals surface area contributed by atoms with E-state index >= 15 is 0 Å². The number of imide groups is 1. The van der Waals surface area contributed by atoms with Crippen molar-refractivity contribution in [1.82, 2.24) is 10.0 Å². The monoisotopic (exact) mass is 501 g/mol. The molecule has 0 unspecified atom stereocenters. The number of hydrogen-bond donors (Lipinski definition) is 0. The number of nitro benzene ring substituents is 1. The number of nitrogens with zero attached hydrogens (tertiary/aromatic N) is 3. The average molecular weight is 502 g/mol. The average Bonchev–Trinajstić information content (AvgIpc) is 3.07. The zero-order chi connectivity index (χ0) is 24.6. The molecule has 2 atom stereocenters. The molecule has 1 saturated heterocycles. The first kappa shape index (κ1) is 23.6. The third kappa shape index (κ3) is 4.20. The molecule has 0 bridgehead atoms. The van der Waals surface area contributed by atoms with Crippen LogP contribution in [0.5, 0.6) is 0 Å². The highest BCUT2D eigenvalue weighted by Gasteiger charge is 2.51. The van der Waals surface area contributed by atoms with Gasteiger partial charge in [-0.3, -0.25) is 29.3 Å². The minimum Gasteiger partial charge on any atom is -0.292 e. The lowest BCUT2D eigenvalue weighted by atomic mass is 9.85. The molecule has 2 aliphatic rings. The highest BCUT2D eigenvalue weighted by atomic mass is 35.5. The zero-order valence-electron chi connectivity index (χ0n) is 17.5. The first-order valence-electron chi connectivity index (χ1n) is 10.3. The van der Waals surface area contributed by atoms with Gasteiger partial charge in [-0.1, -0.05) is 47.5 Å². The van der Waals surface area contributed by atoms with Crippen molar-refractivity contribution in [3.05, 3.63) is 85.9 Å². The predicted octanol–water partition coefficient (Wildman–Crippen LogP) is 4.09. The van der Waals surface area contributed by atoms with Crippen LogP contribution in [0.15, 0.2) is 54.6 Å². The minimum absolute atomic E-state index is 0.0182. The molecule has 1 heterocycles. The lowest BCUT2D eigenvalue weighted by molar-refractivity contribution is -0.385. The van der Waals surface area contributed by atoms with Crippen molar-refractivity contribution in [3.63, 3.8) is 0 Å². The Bertz CT molecular complexity index is 1240. The fourth-order valence-electron chi connectivity index (χ4n) is 4.14. The number of ketones is 1. The zero-order valence-corrected chi connectivity index (χ0v) is 19.0. The first-order chi connectivity index (χ1) is 16.2. The van der Waals surface area contributed by atoms with E-state index in [1.165, 1.54) is 36.4 Å². The number of benzene rings is 2. The van der Waals surface area contributed by atoms with E-state index in [2.05, 4.69) is 0 Å². The lowest BCUT2D eigenvalue weighted by Crippen LogP contribution is -2.52. The van der Waals surface area contributed by atoms with E-state index in [9.17, 15) is 29.3 Å². The smallest absolute Gasteiger partial charge is 0.282 e. The number of nitro groups is 1. The van der Waals surface area contributed by atoms with Gasteiger partial charge >= 0.3 is 0 Å². The third-order valence-electron chi connectivity index (χ3n) is 5.82. The second-order valence-corrected chi connectivity index (χ2v) is 8.67. The SMILES string of the molecule is O=C(CN(C(=O)c1ccccc1[N+](=O)[O-])N1C(=O)[C@@H]2CC=CC[C@H]2C1=O)c1ccc(Cl)cc1Cl. The number of hydrazine groups is 1. The molecule has 3 amide bonds. The first-order valence-corrected chi connectivity index (χ1v) is 11.0. The highest BCUT2D eigenvalue weighted by Crippen LogP contribution is 2.37. The Kier molecular flexibility index (Phi) is 6.49. The second kappa shape index (κ2) is 9.36. The lowest BCUT2D eigenvalue weighted by Gasteiger charge is -2.30. The maximum Gasteiger partial charge on any atom is 0.282 e. The molecule has 0 N–H and O–H groups in total. The summed E-state index contributed by atoms with van der Waals surface area (Å²) in [6, 6.07) is 9.25. The Morgan fingerprint density at radius 2 is 1.62 bits per heavy atom. The van der Waals surface area contributed by atoms with Gasteiger partial charge in [0.15, 0.2) is 5.78 Å². The van der Waals surface area contributed by atoms with E-state index in [0.29, 0.717) is 22.9 Å². The third-order valence-corrected chi connectivity index (χ3v) is 6.36. The van der Waals surface area contributed by atoms with Gasteiger partial charge in [-0.15, -0.1) is 0 Å². The van der Waals surface area contributed by atoms with E-state index in [-0.39, 0.29) is 21.2 Å². The van der Waals surface area contributed by atoms with Crippen LogP contribution in [0.25, 0.3) is 0 Å². The summed E-state index contributed by atoms with van der Waals surface area (Å²) in [5, 5.41) is 13.1. The van der Waals surface area contributed by atoms with Crippen molar-refractivity contribution in [3.8, 4) is 0 Å². The largest absolute Gasteiger partial charge is 0.292 e. The number of carbonyl (C=O) groups is 4. The van der Waals surface area contributed by atoms with Crippen LogP contribution in [0.2, 0.25) is 10.0 Å². The summed E-state index contributed by atoms with van der Waals surface area (Å²) in [7, 11) is 0. The number of allylic oxidation sites excluding steroid dienone is 2. The fraction of sp³-hybridized carbons (Fsp3) is 0.217. The standard InChI is InChI=1S/C23H17Cl2N3O6/c24-13-9-10-16(18(25)11-13)20(29)12-26(21(30)17-7-3-4-8-19(17)28(33)34)27-22(31)14-5-1-2-6-15(14)23(27)32/h1-4,7-11,14-15H,5-6,12H2/t14-,15-/m1/s1. The van der Waals surface area contributed by atoms with E-state index < -0.39 is 52.5 Å². The molecule has 2 aromatic rings. The summed E-state index contributed by atoms with van der Waals surface area (Å²) in [6.45, 7) is -0.740. The molecule has 174 valence electrons.